The number of pyridine rings is 2. The van der Waals surface area contributed by atoms with E-state index in [1.165, 1.54) is 0 Å². The molecule has 0 spiro atoms. The monoisotopic (exact) mass is 398 g/mol. The maximum Gasteiger partial charge on any atom is 0.240 e. The highest BCUT2D eigenvalue weighted by molar-refractivity contribution is 7.95. The molecule has 0 saturated carbocycles. The molecule has 3 aromatic rings. The average Bonchev–Trinajstić information content (AvgIpc) is 2.72. The Balaban J connectivity index is 1.90. The SMILES string of the molecule is CCN=S(C)(=NCC)c1cccc(COc2ccnc3c(OC)nccc23)c1. The highest BCUT2D eigenvalue weighted by Crippen LogP contribution is 2.29. The standard InChI is InChI=1S/C21H26N4O2S/c1-5-24-28(4,25-6-2)17-9-7-8-16(14-17)15-27-19-11-13-22-20-18(19)10-12-23-21(20)26-3/h7-14H,5-6,15H2,1-4H3. The number of hydrogen-bond acceptors (Lipinski definition) is 6. The summed E-state index contributed by atoms with van der Waals surface area (Å²) in [5.41, 5.74) is 1.77. The first kappa shape index (κ1) is 20.1. The van der Waals surface area contributed by atoms with E-state index in [9.17, 15) is 0 Å². The molecule has 28 heavy (non-hydrogen) atoms. The van der Waals surface area contributed by atoms with Gasteiger partial charge in [0.1, 0.15) is 17.9 Å². The summed E-state index contributed by atoms with van der Waals surface area (Å²) < 4.78 is 21.0. The van der Waals surface area contributed by atoms with Gasteiger partial charge in [0.05, 0.1) is 7.11 Å². The largest absolute Gasteiger partial charge is 0.488 e. The van der Waals surface area contributed by atoms with Crippen LogP contribution in [0.1, 0.15) is 19.4 Å². The molecule has 0 atom stereocenters. The number of ether oxygens (including phenoxy) is 2. The maximum atomic E-state index is 6.12. The zero-order valence-electron chi connectivity index (χ0n) is 16.8. The zero-order valence-corrected chi connectivity index (χ0v) is 17.6. The van der Waals surface area contributed by atoms with Gasteiger partial charge in [-0.1, -0.05) is 12.1 Å². The fraction of sp³-hybridized carbons (Fsp3) is 0.333. The van der Waals surface area contributed by atoms with Crippen molar-refractivity contribution in [3.63, 3.8) is 0 Å². The molecule has 0 bridgehead atoms. The van der Waals surface area contributed by atoms with Gasteiger partial charge in [-0.3, -0.25) is 13.7 Å². The fourth-order valence-electron chi connectivity index (χ4n) is 3.03. The number of aromatic nitrogens is 2. The first-order chi connectivity index (χ1) is 13.6. The van der Waals surface area contributed by atoms with E-state index in [4.69, 9.17) is 18.2 Å². The third-order valence-electron chi connectivity index (χ3n) is 4.28. The molecule has 2 aromatic heterocycles. The molecule has 0 N–H and O–H groups in total. The van der Waals surface area contributed by atoms with Gasteiger partial charge in [0.15, 0.2) is 0 Å². The van der Waals surface area contributed by atoms with Gasteiger partial charge in [-0.25, -0.2) is 4.98 Å². The van der Waals surface area contributed by atoms with E-state index in [0.29, 0.717) is 18.0 Å². The number of rotatable bonds is 7. The van der Waals surface area contributed by atoms with E-state index in [0.717, 1.165) is 34.7 Å². The Morgan fingerprint density at radius 2 is 1.75 bits per heavy atom. The van der Waals surface area contributed by atoms with Gasteiger partial charge in [-0.15, -0.1) is 0 Å². The van der Waals surface area contributed by atoms with Gasteiger partial charge in [-0.05, 0) is 53.3 Å². The molecule has 2 heterocycles. The van der Waals surface area contributed by atoms with Gasteiger partial charge >= 0.3 is 0 Å². The van der Waals surface area contributed by atoms with Crippen LogP contribution in [-0.4, -0.2) is 36.4 Å². The number of hydrogen-bond donors (Lipinski definition) is 0. The lowest BCUT2D eigenvalue weighted by molar-refractivity contribution is 0.309. The van der Waals surface area contributed by atoms with Crippen LogP contribution in [0.4, 0.5) is 0 Å². The molecule has 0 aliphatic heterocycles. The molecular formula is C21H26N4O2S. The summed E-state index contributed by atoms with van der Waals surface area (Å²) in [5, 5.41) is 0.878. The van der Waals surface area contributed by atoms with E-state index in [1.807, 2.05) is 18.2 Å². The highest BCUT2D eigenvalue weighted by atomic mass is 32.2. The summed E-state index contributed by atoms with van der Waals surface area (Å²) in [6.07, 6.45) is 5.54. The van der Waals surface area contributed by atoms with Gasteiger partial charge in [0.25, 0.3) is 0 Å². The molecule has 0 radical (unpaired) electrons. The van der Waals surface area contributed by atoms with Crippen molar-refractivity contribution in [1.29, 1.82) is 0 Å². The Morgan fingerprint density at radius 1 is 1.00 bits per heavy atom. The Labute approximate surface area is 166 Å². The molecule has 0 amide bonds. The van der Waals surface area contributed by atoms with Gasteiger partial charge < -0.3 is 9.47 Å². The third-order valence-corrected chi connectivity index (χ3v) is 6.95. The molecule has 1 aromatic carbocycles. The van der Waals surface area contributed by atoms with Crippen molar-refractivity contribution in [3.8, 4) is 11.6 Å². The van der Waals surface area contributed by atoms with Crippen LogP contribution in [0.15, 0.2) is 62.4 Å². The fourth-order valence-corrected chi connectivity index (χ4v) is 5.13. The lowest BCUT2D eigenvalue weighted by Crippen LogP contribution is -2.02. The summed E-state index contributed by atoms with van der Waals surface area (Å²) in [7, 11) is 0.0805. The minimum Gasteiger partial charge on any atom is -0.488 e. The molecule has 7 heteroatoms. The average molecular weight is 399 g/mol. The second-order valence-corrected chi connectivity index (χ2v) is 8.84. The van der Waals surface area contributed by atoms with Crippen LogP contribution in [0.25, 0.3) is 10.9 Å². The normalized spacial score (nSPS) is 11.3. The number of nitrogens with zero attached hydrogens (tertiary/aromatic N) is 4. The second kappa shape index (κ2) is 9.01. The molecule has 0 aliphatic carbocycles. The first-order valence-corrected chi connectivity index (χ1v) is 11.2. The van der Waals surface area contributed by atoms with E-state index >= 15 is 0 Å². The quantitative estimate of drug-likeness (QED) is 0.575. The van der Waals surface area contributed by atoms with Crippen molar-refractivity contribution in [2.45, 2.75) is 25.3 Å². The molecule has 0 unspecified atom stereocenters. The third kappa shape index (κ3) is 4.25. The van der Waals surface area contributed by atoms with Gasteiger partial charge in [-0.2, -0.15) is 0 Å². The Kier molecular flexibility index (Phi) is 6.46. The van der Waals surface area contributed by atoms with Crippen LogP contribution in [0.5, 0.6) is 11.6 Å². The van der Waals surface area contributed by atoms with Crippen LogP contribution in [0, 0.1) is 0 Å². The Morgan fingerprint density at radius 3 is 2.46 bits per heavy atom. The van der Waals surface area contributed by atoms with Crippen LogP contribution < -0.4 is 9.47 Å². The van der Waals surface area contributed by atoms with E-state index in [1.54, 1.807) is 19.5 Å². The minimum atomic E-state index is -1.51. The second-order valence-electron chi connectivity index (χ2n) is 6.19. The lowest BCUT2D eigenvalue weighted by Gasteiger charge is -2.14. The predicted octanol–water partition coefficient (Wildman–Crippen LogP) is 4.77. The molecule has 0 saturated heterocycles. The van der Waals surface area contributed by atoms with Crippen molar-refractivity contribution in [3.05, 3.63) is 54.4 Å². The summed E-state index contributed by atoms with van der Waals surface area (Å²) in [6, 6.07) is 12.1. The van der Waals surface area contributed by atoms with Crippen molar-refractivity contribution in [2.24, 2.45) is 8.73 Å². The topological polar surface area (TPSA) is 69.0 Å². The van der Waals surface area contributed by atoms with Crippen molar-refractivity contribution < 1.29 is 9.47 Å². The minimum absolute atomic E-state index is 0.450. The summed E-state index contributed by atoms with van der Waals surface area (Å²) in [4.78, 5) is 9.72. The molecule has 3 rings (SSSR count). The number of benzene rings is 1. The smallest absolute Gasteiger partial charge is 0.240 e. The van der Waals surface area contributed by atoms with E-state index in [2.05, 4.69) is 48.3 Å². The number of methoxy groups -OCH3 is 1. The lowest BCUT2D eigenvalue weighted by atomic mass is 10.2. The predicted molar refractivity (Wildman–Crippen MR) is 114 cm³/mol. The van der Waals surface area contributed by atoms with Crippen molar-refractivity contribution in [2.75, 3.05) is 26.5 Å². The van der Waals surface area contributed by atoms with Crippen molar-refractivity contribution in [1.82, 2.24) is 9.97 Å². The van der Waals surface area contributed by atoms with Gasteiger partial charge in [0, 0.05) is 42.0 Å². The molecule has 0 aliphatic rings. The zero-order chi connectivity index (χ0) is 20.0. The van der Waals surface area contributed by atoms with Crippen LogP contribution in [0.2, 0.25) is 0 Å². The Hall–Kier alpha value is -2.67. The van der Waals surface area contributed by atoms with Gasteiger partial charge in [0.2, 0.25) is 5.88 Å². The summed E-state index contributed by atoms with van der Waals surface area (Å²) in [5.74, 6) is 1.24. The number of fused-ring (bicyclic) bond motifs is 1. The van der Waals surface area contributed by atoms with E-state index < -0.39 is 9.62 Å². The molecular weight excluding hydrogens is 372 g/mol. The molecule has 148 valence electrons. The van der Waals surface area contributed by atoms with Crippen LogP contribution in [-0.2, 0) is 16.2 Å². The molecule has 6 nitrogen and oxygen atoms in total. The summed E-state index contributed by atoms with van der Waals surface area (Å²) in [6.45, 7) is 6.08. The highest BCUT2D eigenvalue weighted by Gasteiger charge is 2.10. The van der Waals surface area contributed by atoms with Crippen LogP contribution in [0.3, 0.4) is 0 Å². The van der Waals surface area contributed by atoms with Crippen LogP contribution >= 0.6 is 0 Å². The maximum absolute atomic E-state index is 6.12. The molecule has 0 fully saturated rings. The van der Waals surface area contributed by atoms with E-state index in [-0.39, 0.29) is 0 Å². The van der Waals surface area contributed by atoms with Crippen molar-refractivity contribution >= 4 is 20.5 Å². The Bertz CT molecular complexity index is 1070. The summed E-state index contributed by atoms with van der Waals surface area (Å²) >= 11 is 0. The first-order valence-electron chi connectivity index (χ1n) is 9.26.